The number of hydrogen-bond acceptors (Lipinski definition) is 2. The summed E-state index contributed by atoms with van der Waals surface area (Å²) < 4.78 is 0. The summed E-state index contributed by atoms with van der Waals surface area (Å²) in [6.45, 7) is 7.19. The quantitative estimate of drug-likeness (QED) is 0.592. The van der Waals surface area contributed by atoms with Gasteiger partial charge in [-0.3, -0.25) is 4.84 Å². The third-order valence-electron chi connectivity index (χ3n) is 6.44. The van der Waals surface area contributed by atoms with Crippen molar-refractivity contribution in [2.75, 3.05) is 13.7 Å². The van der Waals surface area contributed by atoms with Crippen molar-refractivity contribution >= 4 is 0 Å². The molecule has 6 rings (SSSR count). The van der Waals surface area contributed by atoms with Crippen molar-refractivity contribution in [1.82, 2.24) is 5.06 Å². The standard InChI is InChI=1S/C25H25NO/c1-5-27-26(4)25-20-12-8-6-10-18(20)23(19-11-7-9-13-21(19)25)22-16(2)14-15-17(3)24(22)25/h6-15,23H,5H2,1-4H3. The highest BCUT2D eigenvalue weighted by atomic mass is 16.7. The molecule has 0 atom stereocenters. The van der Waals surface area contributed by atoms with Gasteiger partial charge in [0, 0.05) is 13.0 Å². The van der Waals surface area contributed by atoms with Crippen LogP contribution in [0.15, 0.2) is 60.7 Å². The zero-order chi connectivity index (χ0) is 18.8. The van der Waals surface area contributed by atoms with E-state index in [2.05, 4.69) is 93.5 Å². The average molecular weight is 355 g/mol. The van der Waals surface area contributed by atoms with E-state index in [-0.39, 0.29) is 0 Å². The van der Waals surface area contributed by atoms with Crippen LogP contribution in [-0.4, -0.2) is 18.7 Å². The summed E-state index contributed by atoms with van der Waals surface area (Å²) in [6, 6.07) is 22.4. The lowest BCUT2D eigenvalue weighted by atomic mass is 9.55. The van der Waals surface area contributed by atoms with Gasteiger partial charge >= 0.3 is 0 Å². The van der Waals surface area contributed by atoms with Gasteiger partial charge in [-0.1, -0.05) is 60.7 Å². The molecule has 0 unspecified atom stereocenters. The van der Waals surface area contributed by atoms with Gasteiger partial charge < -0.3 is 0 Å². The number of nitrogens with zero attached hydrogens (tertiary/aromatic N) is 1. The van der Waals surface area contributed by atoms with Gasteiger partial charge in [-0.2, -0.15) is 5.06 Å². The Hall–Kier alpha value is -2.42. The van der Waals surface area contributed by atoms with Crippen LogP contribution in [-0.2, 0) is 10.4 Å². The Morgan fingerprint density at radius 3 is 2.00 bits per heavy atom. The van der Waals surface area contributed by atoms with Crippen molar-refractivity contribution in [3.63, 3.8) is 0 Å². The molecule has 0 saturated carbocycles. The molecule has 27 heavy (non-hydrogen) atoms. The molecule has 0 N–H and O–H groups in total. The van der Waals surface area contributed by atoms with Crippen molar-refractivity contribution in [3.8, 4) is 0 Å². The Bertz CT molecular complexity index is 1000. The van der Waals surface area contributed by atoms with Gasteiger partial charge in [-0.25, -0.2) is 0 Å². The predicted molar refractivity (Wildman–Crippen MR) is 109 cm³/mol. The molecule has 2 heteroatoms. The SMILES string of the molecule is CCON(C)C12c3ccccc3C(c3ccccc31)c1c(C)ccc(C)c12. The third kappa shape index (κ3) is 1.92. The summed E-state index contributed by atoms with van der Waals surface area (Å²) in [5.41, 5.74) is 10.7. The van der Waals surface area contributed by atoms with Gasteiger partial charge in [0.2, 0.25) is 0 Å². The minimum atomic E-state index is -0.413. The first-order valence-electron chi connectivity index (χ1n) is 9.78. The molecule has 0 aromatic heterocycles. The van der Waals surface area contributed by atoms with E-state index in [1.165, 1.54) is 44.5 Å². The van der Waals surface area contributed by atoms with Gasteiger partial charge in [-0.15, -0.1) is 0 Å². The lowest BCUT2D eigenvalue weighted by molar-refractivity contribution is -0.184. The Morgan fingerprint density at radius 2 is 1.41 bits per heavy atom. The molecule has 3 aromatic rings. The first-order chi connectivity index (χ1) is 13.1. The van der Waals surface area contributed by atoms with Crippen molar-refractivity contribution in [3.05, 3.63) is 105 Å². The van der Waals surface area contributed by atoms with Crippen LogP contribution in [0.5, 0.6) is 0 Å². The highest BCUT2D eigenvalue weighted by molar-refractivity contribution is 5.73. The van der Waals surface area contributed by atoms with Crippen molar-refractivity contribution < 1.29 is 4.84 Å². The van der Waals surface area contributed by atoms with Crippen LogP contribution in [0, 0.1) is 13.8 Å². The maximum atomic E-state index is 6.20. The first kappa shape index (κ1) is 16.7. The maximum absolute atomic E-state index is 6.20. The summed E-state index contributed by atoms with van der Waals surface area (Å²) in [6.07, 6.45) is 0. The minimum Gasteiger partial charge on any atom is -0.298 e. The molecule has 0 amide bonds. The van der Waals surface area contributed by atoms with Crippen LogP contribution in [0.2, 0.25) is 0 Å². The highest BCUT2D eigenvalue weighted by Gasteiger charge is 2.55. The topological polar surface area (TPSA) is 12.5 Å². The van der Waals surface area contributed by atoms with Crippen LogP contribution in [0.3, 0.4) is 0 Å². The second-order valence-corrected chi connectivity index (χ2v) is 7.72. The Balaban J connectivity index is 2.00. The van der Waals surface area contributed by atoms with E-state index in [1.807, 2.05) is 0 Å². The van der Waals surface area contributed by atoms with Crippen LogP contribution >= 0.6 is 0 Å². The lowest BCUT2D eigenvalue weighted by Gasteiger charge is -2.54. The van der Waals surface area contributed by atoms with Crippen LogP contribution in [0.25, 0.3) is 0 Å². The fourth-order valence-corrected chi connectivity index (χ4v) is 5.52. The molecule has 2 nitrogen and oxygen atoms in total. The van der Waals surface area contributed by atoms with E-state index in [9.17, 15) is 0 Å². The number of hydrogen-bond donors (Lipinski definition) is 0. The number of hydroxylamine groups is 2. The third-order valence-corrected chi connectivity index (χ3v) is 6.44. The zero-order valence-corrected chi connectivity index (χ0v) is 16.4. The van der Waals surface area contributed by atoms with Gasteiger partial charge in [0.1, 0.15) is 5.54 Å². The summed E-state index contributed by atoms with van der Waals surface area (Å²) in [5, 5.41) is 2.10. The van der Waals surface area contributed by atoms with Crippen LogP contribution in [0.4, 0.5) is 0 Å². The Morgan fingerprint density at radius 1 is 0.852 bits per heavy atom. The minimum absolute atomic E-state index is 0.296. The van der Waals surface area contributed by atoms with Crippen molar-refractivity contribution in [1.29, 1.82) is 0 Å². The zero-order valence-electron chi connectivity index (χ0n) is 16.4. The van der Waals surface area contributed by atoms with E-state index in [1.54, 1.807) is 0 Å². The molecule has 0 fully saturated rings. The van der Waals surface area contributed by atoms with Crippen molar-refractivity contribution in [2.45, 2.75) is 32.2 Å². The molecule has 0 aliphatic heterocycles. The van der Waals surface area contributed by atoms with E-state index in [4.69, 9.17) is 4.84 Å². The van der Waals surface area contributed by atoms with Crippen LogP contribution < -0.4 is 0 Å². The molecule has 0 heterocycles. The van der Waals surface area contributed by atoms with Gasteiger partial charge in [0.15, 0.2) is 0 Å². The van der Waals surface area contributed by atoms with Gasteiger partial charge in [0.05, 0.1) is 6.61 Å². The molecule has 0 spiro atoms. The molecule has 3 aliphatic rings. The van der Waals surface area contributed by atoms with Gasteiger partial charge in [-0.05, 0) is 65.3 Å². The molecule has 3 aliphatic carbocycles. The van der Waals surface area contributed by atoms with Crippen LogP contribution in [0.1, 0.15) is 57.3 Å². The second-order valence-electron chi connectivity index (χ2n) is 7.72. The monoisotopic (exact) mass is 355 g/mol. The molecule has 3 aromatic carbocycles. The first-order valence-corrected chi connectivity index (χ1v) is 9.78. The summed E-state index contributed by atoms with van der Waals surface area (Å²) in [7, 11) is 2.09. The average Bonchev–Trinajstić information content (AvgIpc) is 2.70. The summed E-state index contributed by atoms with van der Waals surface area (Å²) >= 11 is 0. The van der Waals surface area contributed by atoms with Gasteiger partial charge in [0.25, 0.3) is 0 Å². The van der Waals surface area contributed by atoms with E-state index < -0.39 is 5.54 Å². The van der Waals surface area contributed by atoms with Crippen molar-refractivity contribution in [2.24, 2.45) is 0 Å². The fourth-order valence-electron chi connectivity index (χ4n) is 5.52. The highest BCUT2D eigenvalue weighted by Crippen LogP contribution is 2.61. The van der Waals surface area contributed by atoms with E-state index in [0.29, 0.717) is 12.5 Å². The largest absolute Gasteiger partial charge is 0.298 e. The molecular formula is C25H25NO. The molecule has 136 valence electrons. The van der Waals surface area contributed by atoms with E-state index in [0.717, 1.165) is 0 Å². The number of aryl methyl sites for hydroxylation is 2. The second kappa shape index (κ2) is 5.79. The number of rotatable bonds is 3. The number of benzene rings is 3. The predicted octanol–water partition coefficient (Wildman–Crippen LogP) is 5.29. The fraction of sp³-hybridized carbons (Fsp3) is 0.280. The maximum Gasteiger partial charge on any atom is 0.122 e. The molecule has 2 bridgehead atoms. The molecule has 0 saturated heterocycles. The Kier molecular flexibility index (Phi) is 3.59. The van der Waals surface area contributed by atoms with E-state index >= 15 is 0 Å². The lowest BCUT2D eigenvalue weighted by Crippen LogP contribution is -2.53. The summed E-state index contributed by atoms with van der Waals surface area (Å²) in [5.74, 6) is 0.296. The summed E-state index contributed by atoms with van der Waals surface area (Å²) in [4.78, 5) is 6.20. The smallest absolute Gasteiger partial charge is 0.122 e. The molecular weight excluding hydrogens is 330 g/mol. The molecule has 0 radical (unpaired) electrons. The Labute approximate surface area is 161 Å². The normalized spacial score (nSPS) is 21.7.